The number of hydrogen-bond acceptors (Lipinski definition) is 5. The van der Waals surface area contributed by atoms with E-state index in [4.69, 9.17) is 19.3 Å². The quantitative estimate of drug-likeness (QED) is 0.457. The number of hydrogen-bond donors (Lipinski definition) is 0. The molecule has 1 aromatic heterocycles. The Hall–Kier alpha value is -3.08. The van der Waals surface area contributed by atoms with E-state index in [-0.39, 0.29) is 0 Å². The average molecular weight is 364 g/mol. The minimum absolute atomic E-state index is 0.743. The Kier molecular flexibility index (Phi) is 5.60. The average Bonchev–Trinajstić information content (AvgIpc) is 2.70. The Bertz CT molecular complexity index is 996. The minimum Gasteiger partial charge on any atom is -0.497 e. The number of para-hydroxylation sites is 1. The largest absolute Gasteiger partial charge is 0.497 e. The van der Waals surface area contributed by atoms with Gasteiger partial charge in [-0.15, -0.1) is 0 Å². The van der Waals surface area contributed by atoms with Crippen LogP contribution in [0, 0.1) is 6.92 Å². The Balaban J connectivity index is 2.31. The van der Waals surface area contributed by atoms with E-state index in [1.807, 2.05) is 31.2 Å². The third-order valence-electron chi connectivity index (χ3n) is 4.51. The number of oxime groups is 1. The molecule has 0 aliphatic rings. The Morgan fingerprint density at radius 2 is 1.81 bits per heavy atom. The number of pyridine rings is 1. The van der Waals surface area contributed by atoms with Crippen molar-refractivity contribution in [2.75, 3.05) is 21.3 Å². The number of aryl methyl sites for hydroxylation is 1. The van der Waals surface area contributed by atoms with Crippen molar-refractivity contribution in [3.05, 3.63) is 53.7 Å². The van der Waals surface area contributed by atoms with Gasteiger partial charge in [0.05, 0.1) is 25.4 Å². The lowest BCUT2D eigenvalue weighted by atomic mass is 9.96. The van der Waals surface area contributed by atoms with Gasteiger partial charge >= 0.3 is 0 Å². The summed E-state index contributed by atoms with van der Waals surface area (Å²) in [6, 6.07) is 14.0. The van der Waals surface area contributed by atoms with Crippen LogP contribution in [0.15, 0.2) is 47.6 Å². The summed E-state index contributed by atoms with van der Waals surface area (Å²) < 4.78 is 10.9. The molecule has 0 amide bonds. The smallest absolute Gasteiger partial charge is 0.130 e. The predicted octanol–water partition coefficient (Wildman–Crippen LogP) is 4.99. The highest BCUT2D eigenvalue weighted by molar-refractivity contribution is 6.12. The molecule has 0 aliphatic carbocycles. The zero-order valence-electron chi connectivity index (χ0n) is 16.4. The molecular formula is C22H24N2O3. The standard InChI is InChI=1S/C22H24N2O3/c1-6-20(24-27-5)19-12-14(2)23-22-17(8-7-9-18(19)22)16-11-10-15(25-3)13-21(16)26-4/h7-13H,6H2,1-5H3/b24-20+. The fourth-order valence-electron chi connectivity index (χ4n) is 3.27. The summed E-state index contributed by atoms with van der Waals surface area (Å²) in [5.41, 5.74) is 5.74. The van der Waals surface area contributed by atoms with E-state index in [1.54, 1.807) is 21.3 Å². The maximum absolute atomic E-state index is 5.61. The van der Waals surface area contributed by atoms with Crippen molar-refractivity contribution in [3.63, 3.8) is 0 Å². The van der Waals surface area contributed by atoms with E-state index in [2.05, 4.69) is 30.3 Å². The van der Waals surface area contributed by atoms with E-state index in [9.17, 15) is 0 Å². The molecule has 0 bridgehead atoms. The van der Waals surface area contributed by atoms with Crippen molar-refractivity contribution < 1.29 is 14.3 Å². The normalized spacial score (nSPS) is 11.5. The molecule has 0 unspecified atom stereocenters. The van der Waals surface area contributed by atoms with Crippen LogP contribution in [0.3, 0.4) is 0 Å². The van der Waals surface area contributed by atoms with Gasteiger partial charge in [-0.1, -0.05) is 30.3 Å². The monoisotopic (exact) mass is 364 g/mol. The van der Waals surface area contributed by atoms with Crippen molar-refractivity contribution in [2.24, 2.45) is 5.16 Å². The lowest BCUT2D eigenvalue weighted by molar-refractivity contribution is 0.213. The van der Waals surface area contributed by atoms with E-state index in [0.29, 0.717) is 0 Å². The fraction of sp³-hybridized carbons (Fsp3) is 0.273. The molecule has 27 heavy (non-hydrogen) atoms. The van der Waals surface area contributed by atoms with Crippen molar-refractivity contribution in [2.45, 2.75) is 20.3 Å². The SMILES string of the molecule is CC/C(=N\OC)c1cc(C)nc2c(-c3ccc(OC)cc3OC)cccc12. The van der Waals surface area contributed by atoms with Gasteiger partial charge in [0.1, 0.15) is 18.6 Å². The van der Waals surface area contributed by atoms with Crippen LogP contribution in [-0.4, -0.2) is 32.0 Å². The molecular weight excluding hydrogens is 340 g/mol. The second-order valence-corrected chi connectivity index (χ2v) is 6.15. The van der Waals surface area contributed by atoms with Crippen LogP contribution in [-0.2, 0) is 4.84 Å². The summed E-state index contributed by atoms with van der Waals surface area (Å²) in [4.78, 5) is 9.87. The van der Waals surface area contributed by atoms with Crippen LogP contribution in [0.2, 0.25) is 0 Å². The molecule has 0 radical (unpaired) electrons. The number of rotatable bonds is 6. The molecule has 0 aliphatic heterocycles. The first kappa shape index (κ1) is 18.7. The van der Waals surface area contributed by atoms with Gasteiger partial charge in [-0.25, -0.2) is 0 Å². The molecule has 0 saturated heterocycles. The van der Waals surface area contributed by atoms with E-state index >= 15 is 0 Å². The zero-order chi connectivity index (χ0) is 19.4. The molecule has 140 valence electrons. The van der Waals surface area contributed by atoms with Crippen LogP contribution in [0.5, 0.6) is 11.5 Å². The summed E-state index contributed by atoms with van der Waals surface area (Å²) in [5, 5.41) is 5.25. The van der Waals surface area contributed by atoms with Gasteiger partial charge in [0.15, 0.2) is 0 Å². The summed E-state index contributed by atoms with van der Waals surface area (Å²) in [7, 11) is 4.87. The third-order valence-corrected chi connectivity index (χ3v) is 4.51. The van der Waals surface area contributed by atoms with Gasteiger partial charge in [0, 0.05) is 33.8 Å². The van der Waals surface area contributed by atoms with Crippen LogP contribution in [0.1, 0.15) is 24.6 Å². The molecule has 3 aromatic rings. The lowest BCUT2D eigenvalue weighted by Gasteiger charge is -2.15. The zero-order valence-corrected chi connectivity index (χ0v) is 16.4. The number of aromatic nitrogens is 1. The highest BCUT2D eigenvalue weighted by atomic mass is 16.6. The fourth-order valence-corrected chi connectivity index (χ4v) is 3.27. The van der Waals surface area contributed by atoms with Crippen LogP contribution in [0.4, 0.5) is 0 Å². The third kappa shape index (κ3) is 3.58. The van der Waals surface area contributed by atoms with Crippen LogP contribution >= 0.6 is 0 Å². The van der Waals surface area contributed by atoms with Gasteiger partial charge in [0.2, 0.25) is 0 Å². The maximum Gasteiger partial charge on any atom is 0.130 e. The minimum atomic E-state index is 0.743. The van der Waals surface area contributed by atoms with E-state index in [1.165, 1.54) is 0 Å². The van der Waals surface area contributed by atoms with Gasteiger partial charge < -0.3 is 14.3 Å². The first-order chi connectivity index (χ1) is 13.1. The Labute approximate surface area is 159 Å². The lowest BCUT2D eigenvalue weighted by Crippen LogP contribution is -2.03. The number of benzene rings is 2. The first-order valence-electron chi connectivity index (χ1n) is 8.86. The summed E-state index contributed by atoms with van der Waals surface area (Å²) in [6.45, 7) is 4.06. The van der Waals surface area contributed by atoms with Crippen molar-refractivity contribution in [1.29, 1.82) is 0 Å². The van der Waals surface area contributed by atoms with Crippen molar-refractivity contribution >= 4 is 16.6 Å². The van der Waals surface area contributed by atoms with E-state index < -0.39 is 0 Å². The topological polar surface area (TPSA) is 52.9 Å². The summed E-state index contributed by atoms with van der Waals surface area (Å²) in [6.07, 6.45) is 0.766. The van der Waals surface area contributed by atoms with Gasteiger partial charge in [-0.3, -0.25) is 4.98 Å². The van der Waals surface area contributed by atoms with Crippen molar-refractivity contribution in [3.8, 4) is 22.6 Å². The number of fused-ring (bicyclic) bond motifs is 1. The van der Waals surface area contributed by atoms with Crippen molar-refractivity contribution in [1.82, 2.24) is 4.98 Å². The second-order valence-electron chi connectivity index (χ2n) is 6.15. The highest BCUT2D eigenvalue weighted by Crippen LogP contribution is 2.37. The summed E-state index contributed by atoms with van der Waals surface area (Å²) in [5.74, 6) is 1.49. The molecule has 0 atom stereocenters. The first-order valence-corrected chi connectivity index (χ1v) is 8.86. The molecule has 0 N–H and O–H groups in total. The van der Waals surface area contributed by atoms with Crippen LogP contribution in [0.25, 0.3) is 22.0 Å². The molecule has 0 spiro atoms. The van der Waals surface area contributed by atoms with Gasteiger partial charge in [-0.2, -0.15) is 0 Å². The molecule has 2 aromatic carbocycles. The van der Waals surface area contributed by atoms with Gasteiger partial charge in [0.25, 0.3) is 0 Å². The maximum atomic E-state index is 5.61. The van der Waals surface area contributed by atoms with Crippen LogP contribution < -0.4 is 9.47 Å². The predicted molar refractivity (Wildman–Crippen MR) is 109 cm³/mol. The summed E-state index contributed by atoms with van der Waals surface area (Å²) >= 11 is 0. The number of ether oxygens (including phenoxy) is 2. The molecule has 5 heteroatoms. The highest BCUT2D eigenvalue weighted by Gasteiger charge is 2.16. The Morgan fingerprint density at radius 3 is 2.48 bits per heavy atom. The van der Waals surface area contributed by atoms with E-state index in [0.717, 1.165) is 56.9 Å². The van der Waals surface area contributed by atoms with Gasteiger partial charge in [-0.05, 0) is 31.5 Å². The Morgan fingerprint density at radius 1 is 1.00 bits per heavy atom. The molecule has 0 fully saturated rings. The molecule has 5 nitrogen and oxygen atoms in total. The molecule has 1 heterocycles. The molecule has 3 rings (SSSR count). The second kappa shape index (κ2) is 8.08. The molecule has 0 saturated carbocycles. The number of nitrogens with zero attached hydrogens (tertiary/aromatic N) is 2. The number of methoxy groups -OCH3 is 2.